The van der Waals surface area contributed by atoms with Gasteiger partial charge in [-0.05, 0) is 51.9 Å². The summed E-state index contributed by atoms with van der Waals surface area (Å²) in [5.74, 6) is 0. The van der Waals surface area contributed by atoms with E-state index >= 15 is 0 Å². The van der Waals surface area contributed by atoms with Crippen LogP contribution in [0.1, 0.15) is 58.8 Å². The highest BCUT2D eigenvalue weighted by Gasteiger charge is 2.35. The molecule has 0 saturated carbocycles. The third-order valence-corrected chi connectivity index (χ3v) is 4.21. The maximum absolute atomic E-state index is 9.98. The van der Waals surface area contributed by atoms with Gasteiger partial charge in [-0.15, -0.1) is 0 Å². The molecule has 0 bridgehead atoms. The zero-order chi connectivity index (χ0) is 15.9. The van der Waals surface area contributed by atoms with E-state index < -0.39 is 24.4 Å². The smallest absolute Gasteiger partial charge is 0.0548 e. The van der Waals surface area contributed by atoms with E-state index in [2.05, 4.69) is 6.92 Å². The van der Waals surface area contributed by atoms with Crippen molar-refractivity contribution in [2.45, 2.75) is 83.2 Å². The van der Waals surface area contributed by atoms with Crippen LogP contribution in [0, 0.1) is 5.41 Å². The third kappa shape index (κ3) is 8.12. The Bertz CT molecular complexity index is 278. The summed E-state index contributed by atoms with van der Waals surface area (Å²) in [5, 5.41) is 38.8. The molecular weight excluding hydrogens is 272 g/mol. The average molecular weight is 304 g/mol. The van der Waals surface area contributed by atoms with Crippen LogP contribution in [0.5, 0.6) is 0 Å². The molecule has 1 saturated heterocycles. The minimum Gasteiger partial charge on any atom is -0.393 e. The minimum absolute atomic E-state index is 0.0988. The fourth-order valence-electron chi connectivity index (χ4n) is 2.73. The fourth-order valence-corrected chi connectivity index (χ4v) is 2.73. The molecular formula is C16H32O5. The second kappa shape index (κ2) is 9.06. The maximum Gasteiger partial charge on any atom is 0.0548 e. The van der Waals surface area contributed by atoms with Gasteiger partial charge in [-0.2, -0.15) is 0 Å². The monoisotopic (exact) mass is 304 g/mol. The van der Waals surface area contributed by atoms with Crippen LogP contribution in [0.2, 0.25) is 0 Å². The predicted octanol–water partition coefficient (Wildman–Crippen LogP) is 1.22. The van der Waals surface area contributed by atoms with Crippen LogP contribution in [-0.2, 0) is 4.74 Å². The van der Waals surface area contributed by atoms with Gasteiger partial charge in [-0.25, -0.2) is 0 Å². The fraction of sp³-hybridized carbons (Fsp3) is 1.00. The number of rotatable bonds is 11. The molecule has 1 aliphatic heterocycles. The van der Waals surface area contributed by atoms with Crippen molar-refractivity contribution in [3.8, 4) is 0 Å². The van der Waals surface area contributed by atoms with E-state index in [9.17, 15) is 15.3 Å². The maximum atomic E-state index is 9.98. The van der Waals surface area contributed by atoms with Crippen LogP contribution < -0.4 is 0 Å². The molecule has 0 aromatic carbocycles. The lowest BCUT2D eigenvalue weighted by Gasteiger charge is -2.39. The highest BCUT2D eigenvalue weighted by atomic mass is 16.5. The van der Waals surface area contributed by atoms with E-state index in [0.717, 1.165) is 6.42 Å². The van der Waals surface area contributed by atoms with Crippen LogP contribution in [-0.4, -0.2) is 58.1 Å². The predicted molar refractivity (Wildman–Crippen MR) is 80.9 cm³/mol. The van der Waals surface area contributed by atoms with Crippen LogP contribution in [0.4, 0.5) is 0 Å². The van der Waals surface area contributed by atoms with E-state index in [1.165, 1.54) is 0 Å². The summed E-state index contributed by atoms with van der Waals surface area (Å²) in [7, 11) is 0. The molecule has 4 unspecified atom stereocenters. The van der Waals surface area contributed by atoms with Gasteiger partial charge in [-0.1, -0.05) is 6.92 Å². The number of hydrogen-bond acceptors (Lipinski definition) is 5. The molecule has 0 aromatic heterocycles. The molecule has 5 heteroatoms. The first-order valence-corrected chi connectivity index (χ1v) is 8.11. The number of aliphatic hydroxyl groups excluding tert-OH is 4. The summed E-state index contributed by atoms with van der Waals surface area (Å²) in [4.78, 5) is 0. The molecule has 0 aromatic rings. The second-order valence-corrected chi connectivity index (χ2v) is 7.05. The van der Waals surface area contributed by atoms with E-state index in [4.69, 9.17) is 9.84 Å². The third-order valence-electron chi connectivity index (χ3n) is 4.21. The van der Waals surface area contributed by atoms with Crippen LogP contribution >= 0.6 is 0 Å². The standard InChI is InChI=1S/C16H32O5/c1-12(17)3-4-13(18)5-6-14(19)7-8-15(20)9-16(2)10-21-11-16/h12-15,17-20H,3-11H2,1-2H3. The number of aliphatic hydroxyl groups is 4. The van der Waals surface area contributed by atoms with Gasteiger partial charge in [0.25, 0.3) is 0 Å². The first kappa shape index (κ1) is 18.8. The van der Waals surface area contributed by atoms with Crippen molar-refractivity contribution in [1.82, 2.24) is 0 Å². The lowest BCUT2D eigenvalue weighted by Crippen LogP contribution is -2.42. The second-order valence-electron chi connectivity index (χ2n) is 7.05. The van der Waals surface area contributed by atoms with Crippen molar-refractivity contribution in [3.05, 3.63) is 0 Å². The summed E-state index contributed by atoms with van der Waals surface area (Å²) >= 11 is 0. The molecule has 126 valence electrons. The number of hydrogen-bond donors (Lipinski definition) is 4. The molecule has 0 spiro atoms. The lowest BCUT2D eigenvalue weighted by molar-refractivity contribution is -0.122. The molecule has 4 atom stereocenters. The SMILES string of the molecule is CC(O)CCC(O)CCC(O)CCC(O)CC1(C)COC1. The zero-order valence-electron chi connectivity index (χ0n) is 13.4. The van der Waals surface area contributed by atoms with Crippen molar-refractivity contribution in [2.24, 2.45) is 5.41 Å². The summed E-state index contributed by atoms with van der Waals surface area (Å²) in [5.41, 5.74) is 0.0988. The van der Waals surface area contributed by atoms with Gasteiger partial charge >= 0.3 is 0 Å². The highest BCUT2D eigenvalue weighted by molar-refractivity contribution is 4.83. The van der Waals surface area contributed by atoms with Gasteiger partial charge in [0, 0.05) is 5.41 Å². The molecule has 21 heavy (non-hydrogen) atoms. The molecule has 1 rings (SSSR count). The van der Waals surface area contributed by atoms with Crippen molar-refractivity contribution < 1.29 is 25.2 Å². The Morgan fingerprint density at radius 3 is 1.62 bits per heavy atom. The van der Waals surface area contributed by atoms with E-state index in [1.54, 1.807) is 6.92 Å². The molecule has 1 heterocycles. The van der Waals surface area contributed by atoms with E-state index in [1.807, 2.05) is 0 Å². The van der Waals surface area contributed by atoms with Crippen molar-refractivity contribution in [3.63, 3.8) is 0 Å². The molecule has 0 amide bonds. The van der Waals surface area contributed by atoms with Crippen molar-refractivity contribution in [2.75, 3.05) is 13.2 Å². The van der Waals surface area contributed by atoms with Gasteiger partial charge < -0.3 is 25.2 Å². The lowest BCUT2D eigenvalue weighted by atomic mass is 9.81. The zero-order valence-corrected chi connectivity index (χ0v) is 13.4. The number of ether oxygens (including phenoxy) is 1. The normalized spacial score (nSPS) is 23.1. The van der Waals surface area contributed by atoms with E-state index in [0.29, 0.717) is 51.7 Å². The van der Waals surface area contributed by atoms with Crippen LogP contribution in [0.25, 0.3) is 0 Å². The summed E-state index contributed by atoms with van der Waals surface area (Å²) in [6, 6.07) is 0. The van der Waals surface area contributed by atoms with Crippen molar-refractivity contribution in [1.29, 1.82) is 0 Å². The largest absolute Gasteiger partial charge is 0.393 e. The van der Waals surface area contributed by atoms with Gasteiger partial charge in [0.1, 0.15) is 0 Å². The first-order valence-electron chi connectivity index (χ1n) is 8.11. The van der Waals surface area contributed by atoms with Gasteiger partial charge in [0.15, 0.2) is 0 Å². The Balaban J connectivity index is 2.06. The first-order chi connectivity index (χ1) is 9.81. The van der Waals surface area contributed by atoms with Crippen LogP contribution in [0.3, 0.4) is 0 Å². The molecule has 0 radical (unpaired) electrons. The van der Waals surface area contributed by atoms with Gasteiger partial charge in [0.2, 0.25) is 0 Å². The van der Waals surface area contributed by atoms with Crippen LogP contribution in [0.15, 0.2) is 0 Å². The molecule has 1 aliphatic rings. The Hall–Kier alpha value is -0.200. The summed E-state index contributed by atoms with van der Waals surface area (Å²) < 4.78 is 5.16. The summed E-state index contributed by atoms with van der Waals surface area (Å²) in [6.45, 7) is 5.23. The molecule has 0 aliphatic carbocycles. The molecule has 1 fully saturated rings. The Morgan fingerprint density at radius 2 is 1.24 bits per heavy atom. The van der Waals surface area contributed by atoms with Gasteiger partial charge in [-0.3, -0.25) is 0 Å². The Morgan fingerprint density at radius 1 is 0.810 bits per heavy atom. The summed E-state index contributed by atoms with van der Waals surface area (Å²) in [6.07, 6.45) is 2.34. The van der Waals surface area contributed by atoms with E-state index in [-0.39, 0.29) is 5.41 Å². The van der Waals surface area contributed by atoms with Gasteiger partial charge in [0.05, 0.1) is 37.6 Å². The minimum atomic E-state index is -0.480. The topological polar surface area (TPSA) is 90.2 Å². The highest BCUT2D eigenvalue weighted by Crippen LogP contribution is 2.32. The molecule has 5 nitrogen and oxygen atoms in total. The quantitative estimate of drug-likeness (QED) is 0.461. The Labute approximate surface area is 127 Å². The van der Waals surface area contributed by atoms with Crippen molar-refractivity contribution >= 4 is 0 Å². The average Bonchev–Trinajstić information content (AvgIpc) is 2.38. The molecule has 4 N–H and O–H groups in total. The Kier molecular flexibility index (Phi) is 8.13.